The Bertz CT molecular complexity index is 584. The van der Waals surface area contributed by atoms with E-state index in [1.54, 1.807) is 12.1 Å². The molecular weight excluding hydrogens is 262 g/mol. The van der Waals surface area contributed by atoms with E-state index in [1.807, 2.05) is 36.4 Å². The Morgan fingerprint density at radius 3 is 2.74 bits per heavy atom. The molecule has 19 heavy (non-hydrogen) atoms. The fourth-order valence-electron chi connectivity index (χ4n) is 1.73. The minimum Gasteiger partial charge on any atom is -0.465 e. The van der Waals surface area contributed by atoms with E-state index in [-0.39, 0.29) is 5.97 Å². The van der Waals surface area contributed by atoms with Gasteiger partial charge >= 0.3 is 5.97 Å². The fourth-order valence-corrected chi connectivity index (χ4v) is 1.94. The molecule has 1 N–H and O–H groups in total. The van der Waals surface area contributed by atoms with Crippen LogP contribution < -0.4 is 5.32 Å². The molecular formula is C15H14ClNO2. The van der Waals surface area contributed by atoms with E-state index < -0.39 is 0 Å². The first-order valence-corrected chi connectivity index (χ1v) is 6.23. The number of benzene rings is 2. The summed E-state index contributed by atoms with van der Waals surface area (Å²) < 4.78 is 4.69. The van der Waals surface area contributed by atoms with Gasteiger partial charge < -0.3 is 10.1 Å². The van der Waals surface area contributed by atoms with Crippen LogP contribution in [0.5, 0.6) is 0 Å². The van der Waals surface area contributed by atoms with Crippen LogP contribution >= 0.6 is 11.6 Å². The van der Waals surface area contributed by atoms with Gasteiger partial charge in [-0.3, -0.25) is 0 Å². The highest BCUT2D eigenvalue weighted by Gasteiger charge is 2.05. The third-order valence-electron chi connectivity index (χ3n) is 2.67. The number of nitrogens with one attached hydrogen (secondary N) is 1. The molecule has 2 aromatic rings. The van der Waals surface area contributed by atoms with E-state index in [4.69, 9.17) is 11.6 Å². The third-order valence-corrected chi connectivity index (χ3v) is 2.90. The topological polar surface area (TPSA) is 38.3 Å². The Morgan fingerprint density at radius 1 is 1.21 bits per heavy atom. The number of hydrogen-bond acceptors (Lipinski definition) is 3. The molecule has 0 aliphatic carbocycles. The second kappa shape index (κ2) is 6.25. The monoisotopic (exact) mass is 275 g/mol. The van der Waals surface area contributed by atoms with Crippen molar-refractivity contribution in [3.05, 3.63) is 64.7 Å². The highest BCUT2D eigenvalue weighted by molar-refractivity contribution is 6.30. The molecule has 2 aromatic carbocycles. The quantitative estimate of drug-likeness (QED) is 0.864. The number of carbonyl (C=O) groups is 1. The zero-order valence-electron chi connectivity index (χ0n) is 10.5. The average Bonchev–Trinajstić information content (AvgIpc) is 2.45. The Hall–Kier alpha value is -2.00. The molecule has 0 aliphatic rings. The second-order valence-corrected chi connectivity index (χ2v) is 4.49. The van der Waals surface area contributed by atoms with Crippen molar-refractivity contribution in [1.82, 2.24) is 0 Å². The van der Waals surface area contributed by atoms with Crippen molar-refractivity contribution in [2.75, 3.05) is 12.4 Å². The average molecular weight is 276 g/mol. The van der Waals surface area contributed by atoms with Crippen LogP contribution in [0.2, 0.25) is 5.02 Å². The van der Waals surface area contributed by atoms with E-state index in [2.05, 4.69) is 10.1 Å². The first-order valence-electron chi connectivity index (χ1n) is 5.86. The lowest BCUT2D eigenvalue weighted by Gasteiger charge is -2.08. The van der Waals surface area contributed by atoms with Crippen molar-refractivity contribution in [2.24, 2.45) is 0 Å². The summed E-state index contributed by atoms with van der Waals surface area (Å²) in [7, 11) is 1.37. The Balaban J connectivity index is 2.05. The van der Waals surface area contributed by atoms with Crippen molar-refractivity contribution in [1.29, 1.82) is 0 Å². The number of halogens is 1. The van der Waals surface area contributed by atoms with Crippen LogP contribution in [0.3, 0.4) is 0 Å². The highest BCUT2D eigenvalue weighted by Crippen LogP contribution is 2.15. The van der Waals surface area contributed by atoms with E-state index in [0.717, 1.165) is 11.3 Å². The summed E-state index contributed by atoms with van der Waals surface area (Å²) >= 11 is 5.92. The maximum atomic E-state index is 11.4. The first kappa shape index (κ1) is 13.4. The Morgan fingerprint density at radius 2 is 2.00 bits per heavy atom. The number of anilines is 1. The lowest BCUT2D eigenvalue weighted by atomic mass is 10.2. The maximum Gasteiger partial charge on any atom is 0.337 e. The van der Waals surface area contributed by atoms with Gasteiger partial charge in [0, 0.05) is 17.3 Å². The summed E-state index contributed by atoms with van der Waals surface area (Å²) in [6, 6.07) is 14.8. The Labute approximate surface area is 117 Å². The molecule has 0 saturated heterocycles. The summed E-state index contributed by atoms with van der Waals surface area (Å²) in [5.74, 6) is -0.341. The molecule has 3 nitrogen and oxygen atoms in total. The van der Waals surface area contributed by atoms with E-state index >= 15 is 0 Å². The first-order chi connectivity index (χ1) is 9.19. The zero-order valence-corrected chi connectivity index (χ0v) is 11.3. The largest absolute Gasteiger partial charge is 0.465 e. The molecule has 0 bridgehead atoms. The summed E-state index contributed by atoms with van der Waals surface area (Å²) in [4.78, 5) is 11.4. The van der Waals surface area contributed by atoms with Crippen molar-refractivity contribution < 1.29 is 9.53 Å². The zero-order chi connectivity index (χ0) is 13.7. The lowest BCUT2D eigenvalue weighted by Crippen LogP contribution is -2.03. The van der Waals surface area contributed by atoms with Crippen LogP contribution in [0, 0.1) is 0 Å². The van der Waals surface area contributed by atoms with Gasteiger partial charge in [-0.2, -0.15) is 0 Å². The van der Waals surface area contributed by atoms with Crippen LogP contribution in [0.4, 0.5) is 5.69 Å². The molecule has 0 aromatic heterocycles. The van der Waals surface area contributed by atoms with Gasteiger partial charge in [-0.1, -0.05) is 29.8 Å². The van der Waals surface area contributed by atoms with Gasteiger partial charge in [0.25, 0.3) is 0 Å². The molecule has 0 spiro atoms. The normalized spacial score (nSPS) is 10.0. The Kier molecular flexibility index (Phi) is 4.42. The summed E-state index contributed by atoms with van der Waals surface area (Å²) in [5.41, 5.74) is 2.47. The summed E-state index contributed by atoms with van der Waals surface area (Å²) in [6.45, 7) is 0.644. The number of methoxy groups -OCH3 is 1. The van der Waals surface area contributed by atoms with Crippen molar-refractivity contribution in [3.8, 4) is 0 Å². The van der Waals surface area contributed by atoms with Crippen molar-refractivity contribution >= 4 is 23.3 Å². The van der Waals surface area contributed by atoms with Gasteiger partial charge in [-0.15, -0.1) is 0 Å². The number of hydrogen-bond donors (Lipinski definition) is 1. The maximum absolute atomic E-state index is 11.4. The highest BCUT2D eigenvalue weighted by atomic mass is 35.5. The number of ether oxygens (including phenoxy) is 1. The van der Waals surface area contributed by atoms with Crippen LogP contribution in [0.1, 0.15) is 15.9 Å². The molecule has 0 radical (unpaired) electrons. The van der Waals surface area contributed by atoms with E-state index in [9.17, 15) is 4.79 Å². The number of esters is 1. The molecule has 4 heteroatoms. The molecule has 0 amide bonds. The summed E-state index contributed by atoms with van der Waals surface area (Å²) in [5, 5.41) is 3.95. The summed E-state index contributed by atoms with van der Waals surface area (Å²) in [6.07, 6.45) is 0. The van der Waals surface area contributed by atoms with Crippen molar-refractivity contribution in [2.45, 2.75) is 6.54 Å². The van der Waals surface area contributed by atoms with Gasteiger partial charge in [0.05, 0.1) is 12.7 Å². The van der Waals surface area contributed by atoms with Crippen molar-refractivity contribution in [3.63, 3.8) is 0 Å². The van der Waals surface area contributed by atoms with Crippen LogP contribution in [0.25, 0.3) is 0 Å². The van der Waals surface area contributed by atoms with Crippen LogP contribution in [-0.2, 0) is 11.3 Å². The number of carbonyl (C=O) groups excluding carboxylic acids is 1. The predicted molar refractivity (Wildman–Crippen MR) is 76.6 cm³/mol. The van der Waals surface area contributed by atoms with Gasteiger partial charge in [-0.25, -0.2) is 4.79 Å². The molecule has 0 unspecified atom stereocenters. The molecule has 98 valence electrons. The predicted octanol–water partition coefficient (Wildman–Crippen LogP) is 3.74. The van der Waals surface area contributed by atoms with Gasteiger partial charge in [0.1, 0.15) is 0 Å². The smallest absolute Gasteiger partial charge is 0.337 e. The molecule has 0 atom stereocenters. The van der Waals surface area contributed by atoms with Gasteiger partial charge in [0.2, 0.25) is 0 Å². The SMILES string of the molecule is COC(=O)c1cccc(NCc2cccc(Cl)c2)c1. The molecule has 2 rings (SSSR count). The standard InChI is InChI=1S/C15H14ClNO2/c1-19-15(18)12-5-3-7-14(9-12)17-10-11-4-2-6-13(16)8-11/h2-9,17H,10H2,1H3. The number of rotatable bonds is 4. The van der Waals surface area contributed by atoms with Crippen LogP contribution in [0.15, 0.2) is 48.5 Å². The third kappa shape index (κ3) is 3.73. The second-order valence-electron chi connectivity index (χ2n) is 4.06. The van der Waals surface area contributed by atoms with E-state index in [1.165, 1.54) is 7.11 Å². The lowest BCUT2D eigenvalue weighted by molar-refractivity contribution is 0.0601. The van der Waals surface area contributed by atoms with E-state index in [0.29, 0.717) is 17.1 Å². The fraction of sp³-hybridized carbons (Fsp3) is 0.133. The minimum absolute atomic E-state index is 0.341. The van der Waals surface area contributed by atoms with Gasteiger partial charge in [-0.05, 0) is 35.9 Å². The molecule has 0 aliphatic heterocycles. The minimum atomic E-state index is -0.341. The molecule has 0 fully saturated rings. The molecule has 0 heterocycles. The van der Waals surface area contributed by atoms with Crippen LogP contribution in [-0.4, -0.2) is 13.1 Å². The molecule has 0 saturated carbocycles. The van der Waals surface area contributed by atoms with Gasteiger partial charge in [0.15, 0.2) is 0 Å².